The van der Waals surface area contributed by atoms with Crippen LogP contribution in [-0.2, 0) is 4.79 Å². The number of ether oxygens (including phenoxy) is 1. The zero-order chi connectivity index (χ0) is 16.2. The molecular formula is C17H26N2O2S. The zero-order valence-corrected chi connectivity index (χ0v) is 14.7. The maximum Gasteiger partial charge on any atom is 0.226 e. The number of rotatable bonds is 5. The van der Waals surface area contributed by atoms with Gasteiger partial charge in [0.15, 0.2) is 0 Å². The van der Waals surface area contributed by atoms with Gasteiger partial charge in [0.2, 0.25) is 5.91 Å². The van der Waals surface area contributed by atoms with E-state index < -0.39 is 5.41 Å². The van der Waals surface area contributed by atoms with Gasteiger partial charge in [-0.2, -0.15) is 0 Å². The van der Waals surface area contributed by atoms with E-state index in [0.29, 0.717) is 6.54 Å². The quantitative estimate of drug-likeness (QED) is 0.875. The smallest absolute Gasteiger partial charge is 0.226 e. The Morgan fingerprint density at radius 3 is 2.91 bits per heavy atom. The fraction of sp³-hybridized carbons (Fsp3) is 0.588. The molecule has 1 aliphatic rings. The zero-order valence-electron chi connectivity index (χ0n) is 13.9. The first kappa shape index (κ1) is 17.2. The molecule has 0 saturated heterocycles. The van der Waals surface area contributed by atoms with Crippen molar-refractivity contribution in [3.05, 3.63) is 23.8 Å². The Kier molecular flexibility index (Phi) is 5.75. The molecule has 122 valence electrons. The molecular weight excluding hydrogens is 296 g/mol. The fourth-order valence-electron chi connectivity index (χ4n) is 2.69. The average Bonchev–Trinajstić information content (AvgIpc) is 2.73. The highest BCUT2D eigenvalue weighted by Gasteiger charge is 2.28. The molecule has 0 aliphatic carbocycles. The lowest BCUT2D eigenvalue weighted by atomic mass is 9.91. The average molecular weight is 322 g/mol. The lowest BCUT2D eigenvalue weighted by Crippen LogP contribution is -2.43. The van der Waals surface area contributed by atoms with Crippen molar-refractivity contribution in [1.29, 1.82) is 0 Å². The summed E-state index contributed by atoms with van der Waals surface area (Å²) in [6.45, 7) is 4.59. The topological polar surface area (TPSA) is 50.4 Å². The number of thioether (sulfide) groups is 1. The molecule has 22 heavy (non-hydrogen) atoms. The van der Waals surface area contributed by atoms with Gasteiger partial charge >= 0.3 is 0 Å². The molecule has 0 radical (unpaired) electrons. The summed E-state index contributed by atoms with van der Waals surface area (Å²) in [7, 11) is 3.38. The van der Waals surface area contributed by atoms with Crippen LogP contribution in [0.5, 0.6) is 5.75 Å². The Morgan fingerprint density at radius 1 is 1.45 bits per heavy atom. The molecule has 1 aromatic rings. The molecule has 1 aliphatic heterocycles. The molecule has 0 spiro atoms. The van der Waals surface area contributed by atoms with E-state index in [1.165, 1.54) is 16.9 Å². The molecule has 1 heterocycles. The molecule has 0 aromatic heterocycles. The van der Waals surface area contributed by atoms with Crippen molar-refractivity contribution in [2.75, 3.05) is 26.5 Å². The molecule has 1 atom stereocenters. The minimum Gasteiger partial charge on any atom is -0.497 e. The Bertz CT molecular complexity index is 531. The monoisotopic (exact) mass is 322 g/mol. The lowest BCUT2D eigenvalue weighted by Gasteiger charge is -2.27. The summed E-state index contributed by atoms with van der Waals surface area (Å²) < 4.78 is 5.37. The van der Waals surface area contributed by atoms with Crippen LogP contribution in [0, 0.1) is 5.41 Å². The largest absolute Gasteiger partial charge is 0.497 e. The second-order valence-corrected chi connectivity index (χ2v) is 7.43. The van der Waals surface area contributed by atoms with Crippen LogP contribution in [0.2, 0.25) is 0 Å². The second-order valence-electron chi connectivity index (χ2n) is 6.29. The van der Waals surface area contributed by atoms with E-state index in [0.717, 1.165) is 17.9 Å². The Hall–Kier alpha value is -1.20. The number of hydrogen-bond acceptors (Lipinski definition) is 4. The maximum absolute atomic E-state index is 11.9. The summed E-state index contributed by atoms with van der Waals surface area (Å²) in [5.74, 6) is 2.09. The van der Waals surface area contributed by atoms with Gasteiger partial charge < -0.3 is 15.4 Å². The third-order valence-electron chi connectivity index (χ3n) is 4.12. The first-order valence-corrected chi connectivity index (χ1v) is 8.73. The lowest BCUT2D eigenvalue weighted by molar-refractivity contribution is -0.128. The van der Waals surface area contributed by atoms with Crippen molar-refractivity contribution in [2.24, 2.45) is 5.41 Å². The predicted octanol–water partition coefficient (Wildman–Crippen LogP) is 2.98. The van der Waals surface area contributed by atoms with Crippen molar-refractivity contribution in [1.82, 2.24) is 10.6 Å². The molecule has 2 rings (SSSR count). The SMILES string of the molecule is CNC(=O)C(C)(C)CN[C@@H]1CCCSc2ccc(OC)cc21. The molecule has 1 amide bonds. The van der Waals surface area contributed by atoms with Crippen molar-refractivity contribution < 1.29 is 9.53 Å². The number of amides is 1. The second kappa shape index (κ2) is 7.38. The number of methoxy groups -OCH3 is 1. The number of carbonyl (C=O) groups is 1. The van der Waals surface area contributed by atoms with Gasteiger partial charge in [0.05, 0.1) is 12.5 Å². The van der Waals surface area contributed by atoms with E-state index in [9.17, 15) is 4.79 Å². The normalized spacial score (nSPS) is 18.3. The molecule has 0 fully saturated rings. The summed E-state index contributed by atoms with van der Waals surface area (Å²) in [4.78, 5) is 13.3. The Balaban J connectivity index is 2.16. The van der Waals surface area contributed by atoms with Crippen LogP contribution < -0.4 is 15.4 Å². The summed E-state index contributed by atoms with van der Waals surface area (Å²) in [5, 5.41) is 6.33. The third-order valence-corrected chi connectivity index (χ3v) is 5.29. The molecule has 1 aromatic carbocycles. The van der Waals surface area contributed by atoms with Gasteiger partial charge in [-0.05, 0) is 56.2 Å². The predicted molar refractivity (Wildman–Crippen MR) is 91.5 cm³/mol. The van der Waals surface area contributed by atoms with E-state index in [1.807, 2.05) is 31.7 Å². The Labute approximate surface area is 137 Å². The van der Waals surface area contributed by atoms with Gasteiger partial charge in [-0.25, -0.2) is 0 Å². The molecule has 5 heteroatoms. The van der Waals surface area contributed by atoms with Crippen molar-refractivity contribution in [2.45, 2.75) is 37.6 Å². The number of benzene rings is 1. The van der Waals surface area contributed by atoms with Crippen LogP contribution in [0.4, 0.5) is 0 Å². The first-order valence-electron chi connectivity index (χ1n) is 7.74. The fourth-order valence-corrected chi connectivity index (χ4v) is 3.75. The summed E-state index contributed by atoms with van der Waals surface area (Å²) in [6.07, 6.45) is 2.25. The summed E-state index contributed by atoms with van der Waals surface area (Å²) >= 11 is 1.90. The van der Waals surface area contributed by atoms with Crippen LogP contribution in [0.25, 0.3) is 0 Å². The van der Waals surface area contributed by atoms with E-state index >= 15 is 0 Å². The van der Waals surface area contributed by atoms with Gasteiger partial charge in [0, 0.05) is 24.5 Å². The van der Waals surface area contributed by atoms with E-state index in [4.69, 9.17) is 4.74 Å². The highest BCUT2D eigenvalue weighted by Crippen LogP contribution is 2.37. The molecule has 2 N–H and O–H groups in total. The van der Waals surface area contributed by atoms with E-state index in [2.05, 4.69) is 22.8 Å². The summed E-state index contributed by atoms with van der Waals surface area (Å²) in [6, 6.07) is 6.55. The third kappa shape index (κ3) is 3.96. The Morgan fingerprint density at radius 2 is 2.23 bits per heavy atom. The van der Waals surface area contributed by atoms with E-state index in [-0.39, 0.29) is 11.9 Å². The van der Waals surface area contributed by atoms with E-state index in [1.54, 1.807) is 14.2 Å². The van der Waals surface area contributed by atoms with Crippen LogP contribution in [0.1, 0.15) is 38.3 Å². The van der Waals surface area contributed by atoms with Gasteiger partial charge in [0.25, 0.3) is 0 Å². The van der Waals surface area contributed by atoms with Crippen LogP contribution in [0.15, 0.2) is 23.1 Å². The molecule has 4 nitrogen and oxygen atoms in total. The van der Waals surface area contributed by atoms with Gasteiger partial charge in [-0.15, -0.1) is 11.8 Å². The summed E-state index contributed by atoms with van der Waals surface area (Å²) in [5.41, 5.74) is 0.863. The maximum atomic E-state index is 11.9. The van der Waals surface area contributed by atoms with Gasteiger partial charge in [-0.3, -0.25) is 4.79 Å². The molecule has 0 unspecified atom stereocenters. The highest BCUT2D eigenvalue weighted by atomic mass is 32.2. The minimum absolute atomic E-state index is 0.0638. The van der Waals surface area contributed by atoms with Crippen molar-refractivity contribution in [3.63, 3.8) is 0 Å². The first-order chi connectivity index (χ1) is 10.5. The molecule has 0 bridgehead atoms. The molecule has 0 saturated carbocycles. The van der Waals surface area contributed by atoms with Crippen molar-refractivity contribution >= 4 is 17.7 Å². The number of hydrogen-bond donors (Lipinski definition) is 2. The van der Waals surface area contributed by atoms with Crippen LogP contribution in [0.3, 0.4) is 0 Å². The number of nitrogens with one attached hydrogen (secondary N) is 2. The highest BCUT2D eigenvalue weighted by molar-refractivity contribution is 7.99. The van der Waals surface area contributed by atoms with Gasteiger partial charge in [-0.1, -0.05) is 0 Å². The standard InChI is InChI=1S/C17H26N2O2S/c1-17(2,16(20)18-3)11-19-14-6-5-9-22-15-8-7-12(21-4)10-13(14)15/h7-8,10,14,19H,5-6,9,11H2,1-4H3,(H,18,20)/t14-/m1/s1. The minimum atomic E-state index is -0.423. The van der Waals surface area contributed by atoms with Crippen LogP contribution in [-0.4, -0.2) is 32.4 Å². The number of fused-ring (bicyclic) bond motifs is 1. The number of carbonyl (C=O) groups excluding carboxylic acids is 1. The van der Waals surface area contributed by atoms with Gasteiger partial charge in [0.1, 0.15) is 5.75 Å². The van der Waals surface area contributed by atoms with Crippen LogP contribution >= 0.6 is 11.8 Å². The van der Waals surface area contributed by atoms with Crippen molar-refractivity contribution in [3.8, 4) is 5.75 Å².